The normalized spacial score (nSPS) is 14.1. The van der Waals surface area contributed by atoms with Gasteiger partial charge in [0.05, 0.1) is 0 Å². The average Bonchev–Trinajstić information content (AvgIpc) is 2.57. The van der Waals surface area contributed by atoms with Crippen LogP contribution >= 0.6 is 11.3 Å². The molecule has 2 heteroatoms. The molecular weight excluding hydrogens is 214 g/mol. The molecule has 0 fully saturated rings. The van der Waals surface area contributed by atoms with Gasteiger partial charge in [-0.25, -0.2) is 0 Å². The molecule has 1 unspecified atom stereocenters. The molecule has 0 saturated heterocycles. The molecule has 0 saturated carbocycles. The lowest BCUT2D eigenvalue weighted by atomic mass is 9.89. The molecule has 0 aromatic carbocycles. The molecule has 0 aliphatic heterocycles. The number of hydrogen-bond acceptors (Lipinski definition) is 2. The van der Waals surface area contributed by atoms with E-state index in [4.69, 9.17) is 0 Å². The predicted octanol–water partition coefficient (Wildman–Crippen LogP) is 4.36. The van der Waals surface area contributed by atoms with Crippen LogP contribution in [0.1, 0.15) is 51.0 Å². The molecule has 92 valence electrons. The Morgan fingerprint density at radius 1 is 1.38 bits per heavy atom. The van der Waals surface area contributed by atoms with Crippen molar-refractivity contribution in [3.8, 4) is 0 Å². The molecule has 16 heavy (non-hydrogen) atoms. The van der Waals surface area contributed by atoms with Crippen molar-refractivity contribution in [3.05, 3.63) is 21.9 Å². The predicted molar refractivity (Wildman–Crippen MR) is 74.0 cm³/mol. The molecule has 0 radical (unpaired) electrons. The third kappa shape index (κ3) is 5.13. The maximum atomic E-state index is 3.61. The first kappa shape index (κ1) is 13.7. The number of nitrogens with one attached hydrogen (secondary N) is 1. The van der Waals surface area contributed by atoms with Crippen LogP contribution in [0.3, 0.4) is 0 Å². The van der Waals surface area contributed by atoms with Crippen LogP contribution in [0.15, 0.2) is 11.4 Å². The van der Waals surface area contributed by atoms with Crippen LogP contribution < -0.4 is 5.32 Å². The number of aryl methyl sites for hydroxylation is 1. The van der Waals surface area contributed by atoms with Crippen molar-refractivity contribution in [2.45, 2.75) is 60.0 Å². The summed E-state index contributed by atoms with van der Waals surface area (Å²) in [6, 6.07) is 2.81. The molecule has 1 rings (SSSR count). The third-order valence-corrected chi connectivity index (χ3v) is 3.93. The summed E-state index contributed by atoms with van der Waals surface area (Å²) >= 11 is 1.85. The van der Waals surface area contributed by atoms with Gasteiger partial charge < -0.3 is 5.32 Å². The Hall–Kier alpha value is -0.340. The summed E-state index contributed by atoms with van der Waals surface area (Å²) in [6.07, 6.45) is 2.54. The molecular formula is C14H25NS. The highest BCUT2D eigenvalue weighted by Crippen LogP contribution is 2.22. The highest BCUT2D eigenvalue weighted by atomic mass is 32.1. The maximum Gasteiger partial charge on any atom is 0.0304 e. The third-order valence-electron chi connectivity index (χ3n) is 2.91. The fraction of sp³-hybridized carbons (Fsp3) is 0.714. The number of rotatable bonds is 5. The fourth-order valence-electron chi connectivity index (χ4n) is 1.60. The summed E-state index contributed by atoms with van der Waals surface area (Å²) in [6.45, 7) is 12.4. The highest BCUT2D eigenvalue weighted by molar-refractivity contribution is 7.10. The van der Waals surface area contributed by atoms with E-state index in [1.165, 1.54) is 23.3 Å². The van der Waals surface area contributed by atoms with E-state index in [0.717, 1.165) is 6.54 Å². The van der Waals surface area contributed by atoms with E-state index in [2.05, 4.69) is 51.4 Å². The lowest BCUT2D eigenvalue weighted by molar-refractivity contribution is 0.336. The zero-order valence-electron chi connectivity index (χ0n) is 11.3. The van der Waals surface area contributed by atoms with Gasteiger partial charge in [-0.05, 0) is 49.1 Å². The highest BCUT2D eigenvalue weighted by Gasteiger charge is 2.12. The van der Waals surface area contributed by atoms with E-state index >= 15 is 0 Å². The van der Waals surface area contributed by atoms with Gasteiger partial charge >= 0.3 is 0 Å². The van der Waals surface area contributed by atoms with Crippen LogP contribution in [0.2, 0.25) is 0 Å². The maximum absolute atomic E-state index is 3.61. The monoisotopic (exact) mass is 239 g/mol. The van der Waals surface area contributed by atoms with E-state index in [0.29, 0.717) is 11.5 Å². The Balaban J connectivity index is 2.25. The number of thiophene rings is 1. The Morgan fingerprint density at radius 3 is 2.56 bits per heavy atom. The zero-order valence-corrected chi connectivity index (χ0v) is 12.1. The van der Waals surface area contributed by atoms with Crippen molar-refractivity contribution < 1.29 is 0 Å². The van der Waals surface area contributed by atoms with Crippen molar-refractivity contribution in [1.82, 2.24) is 5.32 Å². The molecule has 1 atom stereocenters. The summed E-state index contributed by atoms with van der Waals surface area (Å²) in [7, 11) is 0. The molecule has 1 heterocycles. The minimum absolute atomic E-state index is 0.453. The molecule has 0 aliphatic rings. The van der Waals surface area contributed by atoms with Crippen LogP contribution in [0.25, 0.3) is 0 Å². The van der Waals surface area contributed by atoms with Crippen molar-refractivity contribution in [2.24, 2.45) is 5.41 Å². The van der Waals surface area contributed by atoms with Crippen LogP contribution in [-0.4, -0.2) is 6.04 Å². The summed E-state index contributed by atoms with van der Waals surface area (Å²) in [5.74, 6) is 0. The first-order valence-corrected chi connectivity index (χ1v) is 7.03. The van der Waals surface area contributed by atoms with Gasteiger partial charge in [-0.1, -0.05) is 20.8 Å². The Labute approximate surface area is 104 Å². The van der Waals surface area contributed by atoms with Crippen LogP contribution in [-0.2, 0) is 6.54 Å². The van der Waals surface area contributed by atoms with Gasteiger partial charge in [0.1, 0.15) is 0 Å². The van der Waals surface area contributed by atoms with Crippen molar-refractivity contribution >= 4 is 11.3 Å². The first-order valence-electron chi connectivity index (χ1n) is 6.15. The smallest absolute Gasteiger partial charge is 0.0304 e. The lowest BCUT2D eigenvalue weighted by Crippen LogP contribution is -2.26. The zero-order chi connectivity index (χ0) is 12.2. The second kappa shape index (κ2) is 5.83. The Kier molecular flexibility index (Phi) is 5.00. The van der Waals surface area contributed by atoms with Gasteiger partial charge in [-0.15, -0.1) is 11.3 Å². The van der Waals surface area contributed by atoms with Gasteiger partial charge in [0.25, 0.3) is 0 Å². The Bertz CT molecular complexity index is 309. The largest absolute Gasteiger partial charge is 0.309 e. The lowest BCUT2D eigenvalue weighted by Gasteiger charge is -2.21. The molecule has 1 nitrogen and oxygen atoms in total. The van der Waals surface area contributed by atoms with Crippen molar-refractivity contribution in [3.63, 3.8) is 0 Å². The first-order chi connectivity index (χ1) is 7.38. The quantitative estimate of drug-likeness (QED) is 0.805. The molecule has 0 aliphatic carbocycles. The fourth-order valence-corrected chi connectivity index (χ4v) is 2.46. The van der Waals surface area contributed by atoms with Gasteiger partial charge in [0.15, 0.2) is 0 Å². The van der Waals surface area contributed by atoms with E-state index in [9.17, 15) is 0 Å². The summed E-state index contributed by atoms with van der Waals surface area (Å²) in [5.41, 5.74) is 1.87. The molecule has 0 spiro atoms. The minimum atomic E-state index is 0.453. The molecule has 0 amide bonds. The van der Waals surface area contributed by atoms with Gasteiger partial charge in [-0.2, -0.15) is 0 Å². The van der Waals surface area contributed by atoms with E-state index in [1.807, 2.05) is 11.3 Å². The summed E-state index contributed by atoms with van der Waals surface area (Å²) in [5, 5.41) is 5.78. The summed E-state index contributed by atoms with van der Waals surface area (Å²) in [4.78, 5) is 1.47. The Morgan fingerprint density at radius 2 is 2.06 bits per heavy atom. The second-order valence-electron chi connectivity index (χ2n) is 5.91. The van der Waals surface area contributed by atoms with Crippen LogP contribution in [0.4, 0.5) is 0 Å². The second-order valence-corrected chi connectivity index (χ2v) is 6.91. The van der Waals surface area contributed by atoms with Crippen LogP contribution in [0, 0.1) is 12.3 Å². The SMILES string of the molecule is Cc1ccsc1CNC(C)CCC(C)(C)C. The van der Waals surface area contributed by atoms with Gasteiger partial charge in [0.2, 0.25) is 0 Å². The van der Waals surface area contributed by atoms with Crippen LogP contribution in [0.5, 0.6) is 0 Å². The van der Waals surface area contributed by atoms with Crippen molar-refractivity contribution in [1.29, 1.82) is 0 Å². The van der Waals surface area contributed by atoms with Gasteiger partial charge in [0, 0.05) is 17.5 Å². The van der Waals surface area contributed by atoms with Crippen molar-refractivity contribution in [2.75, 3.05) is 0 Å². The van der Waals surface area contributed by atoms with Gasteiger partial charge in [-0.3, -0.25) is 0 Å². The molecule has 0 bridgehead atoms. The molecule has 1 aromatic rings. The van der Waals surface area contributed by atoms with E-state index in [1.54, 1.807) is 0 Å². The minimum Gasteiger partial charge on any atom is -0.309 e. The average molecular weight is 239 g/mol. The molecule has 1 N–H and O–H groups in total. The standard InChI is InChI=1S/C14H25NS/c1-11-7-9-16-13(11)10-15-12(2)6-8-14(3,4)5/h7,9,12,15H,6,8,10H2,1-5H3. The summed E-state index contributed by atoms with van der Waals surface area (Å²) < 4.78 is 0. The molecule has 1 aromatic heterocycles. The van der Waals surface area contributed by atoms with E-state index < -0.39 is 0 Å². The van der Waals surface area contributed by atoms with E-state index in [-0.39, 0.29) is 0 Å². The number of hydrogen-bond donors (Lipinski definition) is 1. The topological polar surface area (TPSA) is 12.0 Å².